The molecule has 0 saturated heterocycles. The first-order valence-corrected chi connectivity index (χ1v) is 10.9. The highest BCUT2D eigenvalue weighted by Crippen LogP contribution is 2.46. The van der Waals surface area contributed by atoms with Crippen molar-refractivity contribution in [3.8, 4) is 0 Å². The molecule has 2 unspecified atom stereocenters. The minimum atomic E-state index is -0.444. The molecule has 0 aromatic rings. The van der Waals surface area contributed by atoms with Gasteiger partial charge in [0.2, 0.25) is 0 Å². The molecule has 0 aromatic carbocycles. The molecule has 0 radical (unpaired) electrons. The van der Waals surface area contributed by atoms with Crippen molar-refractivity contribution in [3.05, 3.63) is 23.8 Å². The van der Waals surface area contributed by atoms with Gasteiger partial charge in [0.05, 0.1) is 5.57 Å². The van der Waals surface area contributed by atoms with Crippen LogP contribution in [0.15, 0.2) is 23.8 Å². The van der Waals surface area contributed by atoms with E-state index in [1.807, 2.05) is 19.9 Å². The number of hydrogen-bond acceptors (Lipinski definition) is 2. The predicted octanol–water partition coefficient (Wildman–Crippen LogP) is 7.35. The smallest absolute Gasteiger partial charge is 0.338 e. The van der Waals surface area contributed by atoms with Crippen molar-refractivity contribution in [2.24, 2.45) is 28.6 Å². The second-order valence-corrected chi connectivity index (χ2v) is 10.7. The van der Waals surface area contributed by atoms with E-state index in [2.05, 4.69) is 67.5 Å². The van der Waals surface area contributed by atoms with Crippen LogP contribution in [-0.4, -0.2) is 11.6 Å². The first-order valence-electron chi connectivity index (χ1n) is 10.9. The molecule has 0 N–H and O–H groups in total. The van der Waals surface area contributed by atoms with Gasteiger partial charge in [0.15, 0.2) is 0 Å². The van der Waals surface area contributed by atoms with E-state index in [1.165, 1.54) is 19.3 Å². The SMILES string of the molecule is CCC(C)(C)CC(C1C=CC(C(=O)OC(C)(C)C(C)C)=CC1)C(C)(C)CC. The average molecular weight is 377 g/mol. The normalized spacial score (nSPS) is 19.8. The van der Waals surface area contributed by atoms with E-state index in [0.29, 0.717) is 22.8 Å². The number of esters is 1. The van der Waals surface area contributed by atoms with Crippen molar-refractivity contribution in [2.75, 3.05) is 0 Å². The maximum atomic E-state index is 12.6. The Bertz CT molecular complexity index is 561. The molecular weight excluding hydrogens is 332 g/mol. The third-order valence-corrected chi connectivity index (χ3v) is 7.28. The van der Waals surface area contributed by atoms with Crippen LogP contribution in [0, 0.1) is 28.6 Å². The van der Waals surface area contributed by atoms with Gasteiger partial charge in [-0.25, -0.2) is 4.79 Å². The minimum Gasteiger partial charge on any atom is -0.456 e. The molecule has 27 heavy (non-hydrogen) atoms. The summed E-state index contributed by atoms with van der Waals surface area (Å²) in [5.74, 6) is 1.19. The predicted molar refractivity (Wildman–Crippen MR) is 117 cm³/mol. The fourth-order valence-corrected chi connectivity index (χ4v) is 3.51. The molecule has 0 aromatic heterocycles. The zero-order chi connectivity index (χ0) is 21.0. The van der Waals surface area contributed by atoms with Gasteiger partial charge in [0.1, 0.15) is 5.60 Å². The number of rotatable bonds is 9. The number of allylic oxidation sites excluding steroid dienone is 2. The molecule has 0 amide bonds. The van der Waals surface area contributed by atoms with E-state index in [0.717, 1.165) is 6.42 Å². The lowest BCUT2D eigenvalue weighted by Gasteiger charge is -2.43. The van der Waals surface area contributed by atoms with Gasteiger partial charge in [-0.05, 0) is 55.3 Å². The van der Waals surface area contributed by atoms with E-state index in [-0.39, 0.29) is 17.3 Å². The highest BCUT2D eigenvalue weighted by molar-refractivity contribution is 5.92. The van der Waals surface area contributed by atoms with Gasteiger partial charge in [-0.15, -0.1) is 0 Å². The second kappa shape index (κ2) is 8.97. The summed E-state index contributed by atoms with van der Waals surface area (Å²) in [5.41, 5.74) is 0.894. The van der Waals surface area contributed by atoms with Gasteiger partial charge in [-0.2, -0.15) is 0 Å². The maximum absolute atomic E-state index is 12.6. The van der Waals surface area contributed by atoms with Crippen LogP contribution >= 0.6 is 0 Å². The topological polar surface area (TPSA) is 26.3 Å². The van der Waals surface area contributed by atoms with Crippen molar-refractivity contribution >= 4 is 5.97 Å². The lowest BCUT2D eigenvalue weighted by atomic mass is 9.62. The fraction of sp³-hybridized carbons (Fsp3) is 0.800. The van der Waals surface area contributed by atoms with Gasteiger partial charge < -0.3 is 4.74 Å². The Morgan fingerprint density at radius 2 is 1.70 bits per heavy atom. The van der Waals surface area contributed by atoms with Crippen LogP contribution in [-0.2, 0) is 9.53 Å². The third-order valence-electron chi connectivity index (χ3n) is 7.28. The molecule has 1 aliphatic rings. The summed E-state index contributed by atoms with van der Waals surface area (Å²) in [5, 5.41) is 0. The molecular formula is C25H44O2. The Labute approximate surface area is 168 Å². The van der Waals surface area contributed by atoms with Gasteiger partial charge in [0.25, 0.3) is 0 Å². The van der Waals surface area contributed by atoms with Crippen molar-refractivity contribution < 1.29 is 9.53 Å². The zero-order valence-corrected chi connectivity index (χ0v) is 19.6. The van der Waals surface area contributed by atoms with E-state index in [4.69, 9.17) is 4.74 Å². The molecule has 0 heterocycles. The molecule has 0 spiro atoms. The van der Waals surface area contributed by atoms with Crippen LogP contribution in [0.4, 0.5) is 0 Å². The molecule has 0 fully saturated rings. The number of carbonyl (C=O) groups is 1. The zero-order valence-electron chi connectivity index (χ0n) is 19.6. The summed E-state index contributed by atoms with van der Waals surface area (Å²) in [6.45, 7) is 22.3. The summed E-state index contributed by atoms with van der Waals surface area (Å²) >= 11 is 0. The van der Waals surface area contributed by atoms with Crippen LogP contribution in [0.1, 0.15) is 94.9 Å². The fourth-order valence-electron chi connectivity index (χ4n) is 3.51. The van der Waals surface area contributed by atoms with Gasteiger partial charge in [-0.1, -0.05) is 86.5 Å². The molecule has 0 aliphatic heterocycles. The quantitative estimate of drug-likeness (QED) is 0.393. The molecule has 2 heteroatoms. The number of hydrogen-bond donors (Lipinski definition) is 0. The van der Waals surface area contributed by atoms with Crippen LogP contribution < -0.4 is 0 Å². The lowest BCUT2D eigenvalue weighted by Crippen LogP contribution is -2.35. The number of ether oxygens (including phenoxy) is 1. The Morgan fingerprint density at radius 3 is 2.11 bits per heavy atom. The Kier molecular flexibility index (Phi) is 7.97. The highest BCUT2D eigenvalue weighted by atomic mass is 16.6. The van der Waals surface area contributed by atoms with E-state index in [1.54, 1.807) is 0 Å². The first-order chi connectivity index (χ1) is 12.3. The molecule has 1 rings (SSSR count). The van der Waals surface area contributed by atoms with Crippen LogP contribution in [0.25, 0.3) is 0 Å². The van der Waals surface area contributed by atoms with Crippen LogP contribution in [0.5, 0.6) is 0 Å². The maximum Gasteiger partial charge on any atom is 0.338 e. The summed E-state index contributed by atoms with van der Waals surface area (Å²) < 4.78 is 5.76. The molecule has 156 valence electrons. The van der Waals surface area contributed by atoms with Gasteiger partial charge >= 0.3 is 5.97 Å². The van der Waals surface area contributed by atoms with Crippen molar-refractivity contribution in [1.82, 2.24) is 0 Å². The molecule has 0 saturated carbocycles. The summed E-state index contributed by atoms with van der Waals surface area (Å²) in [6.07, 6.45) is 10.9. The Hall–Kier alpha value is -1.05. The van der Waals surface area contributed by atoms with Crippen LogP contribution in [0.3, 0.4) is 0 Å². The average Bonchev–Trinajstić information content (AvgIpc) is 2.59. The Morgan fingerprint density at radius 1 is 1.11 bits per heavy atom. The summed E-state index contributed by atoms with van der Waals surface area (Å²) in [6, 6.07) is 0. The van der Waals surface area contributed by atoms with E-state index < -0.39 is 5.60 Å². The van der Waals surface area contributed by atoms with E-state index in [9.17, 15) is 4.79 Å². The first kappa shape index (κ1) is 24.0. The summed E-state index contributed by atoms with van der Waals surface area (Å²) in [4.78, 5) is 12.6. The van der Waals surface area contributed by atoms with Gasteiger partial charge in [-0.3, -0.25) is 0 Å². The lowest BCUT2D eigenvalue weighted by molar-refractivity contribution is -0.155. The van der Waals surface area contributed by atoms with E-state index >= 15 is 0 Å². The van der Waals surface area contributed by atoms with Crippen molar-refractivity contribution in [1.29, 1.82) is 0 Å². The standard InChI is InChI=1S/C25H44O2/c1-11-23(5,6)17-21(24(7,8)12-2)19-13-15-20(16-14-19)22(26)27-25(9,10)18(3)4/h13,15-16,18-19,21H,11-12,14,17H2,1-10H3. The monoisotopic (exact) mass is 376 g/mol. The van der Waals surface area contributed by atoms with Crippen LogP contribution in [0.2, 0.25) is 0 Å². The Balaban J connectivity index is 2.92. The molecule has 1 aliphatic carbocycles. The molecule has 0 bridgehead atoms. The number of carbonyl (C=O) groups excluding carboxylic acids is 1. The van der Waals surface area contributed by atoms with Crippen molar-refractivity contribution in [3.63, 3.8) is 0 Å². The second-order valence-electron chi connectivity index (χ2n) is 10.7. The third kappa shape index (κ3) is 6.50. The summed E-state index contributed by atoms with van der Waals surface area (Å²) in [7, 11) is 0. The van der Waals surface area contributed by atoms with Crippen molar-refractivity contribution in [2.45, 2.75) is 101 Å². The highest BCUT2D eigenvalue weighted by Gasteiger charge is 2.37. The van der Waals surface area contributed by atoms with Gasteiger partial charge in [0, 0.05) is 0 Å². The molecule has 2 nitrogen and oxygen atoms in total. The largest absolute Gasteiger partial charge is 0.456 e. The minimum absolute atomic E-state index is 0.191. The molecule has 2 atom stereocenters.